The first-order chi connectivity index (χ1) is 11.8. The fourth-order valence-electron chi connectivity index (χ4n) is 2.76. The molecule has 0 spiro atoms. The lowest BCUT2D eigenvalue weighted by molar-refractivity contribution is -0.117. The van der Waals surface area contributed by atoms with Crippen LogP contribution in [0.1, 0.15) is 18.4 Å². The summed E-state index contributed by atoms with van der Waals surface area (Å²) in [5.41, 5.74) is 1.97. The second-order valence-corrected chi connectivity index (χ2v) is 8.32. The molecule has 1 aliphatic heterocycles. The van der Waals surface area contributed by atoms with E-state index in [1.807, 2.05) is 6.92 Å². The van der Waals surface area contributed by atoms with Gasteiger partial charge in [-0.2, -0.15) is 0 Å². The molecular weight excluding hydrogens is 383 g/mol. The minimum Gasteiger partial charge on any atom is -0.312 e. The molecule has 0 radical (unpaired) electrons. The van der Waals surface area contributed by atoms with Gasteiger partial charge in [0.25, 0.3) is 10.0 Å². The van der Waals surface area contributed by atoms with Crippen molar-refractivity contribution in [3.8, 4) is 0 Å². The highest BCUT2D eigenvalue weighted by Gasteiger charge is 2.24. The number of benzene rings is 2. The van der Waals surface area contributed by atoms with Gasteiger partial charge >= 0.3 is 0 Å². The van der Waals surface area contributed by atoms with E-state index in [0.29, 0.717) is 24.3 Å². The summed E-state index contributed by atoms with van der Waals surface area (Å²) in [5, 5.41) is 0.357. The van der Waals surface area contributed by atoms with Crippen LogP contribution in [0.15, 0.2) is 41.3 Å². The van der Waals surface area contributed by atoms with Crippen LogP contribution >= 0.6 is 23.2 Å². The van der Waals surface area contributed by atoms with E-state index >= 15 is 0 Å². The maximum atomic E-state index is 12.6. The molecule has 1 heterocycles. The molecule has 3 rings (SSSR count). The Bertz CT molecular complexity index is 945. The fourth-order valence-corrected chi connectivity index (χ4v) is 4.57. The van der Waals surface area contributed by atoms with Crippen LogP contribution in [0, 0.1) is 6.92 Å². The summed E-state index contributed by atoms with van der Waals surface area (Å²) in [4.78, 5) is 13.6. The topological polar surface area (TPSA) is 66.5 Å². The van der Waals surface area contributed by atoms with Gasteiger partial charge in [0.1, 0.15) is 4.90 Å². The fraction of sp³-hybridized carbons (Fsp3) is 0.235. The van der Waals surface area contributed by atoms with Gasteiger partial charge in [-0.05, 0) is 49.2 Å². The normalized spacial score (nSPS) is 14.8. The van der Waals surface area contributed by atoms with Gasteiger partial charge in [0.05, 0.1) is 10.7 Å². The summed E-state index contributed by atoms with van der Waals surface area (Å²) < 4.78 is 27.7. The largest absolute Gasteiger partial charge is 0.312 e. The number of sulfonamides is 1. The van der Waals surface area contributed by atoms with Gasteiger partial charge in [-0.1, -0.05) is 29.3 Å². The highest BCUT2D eigenvalue weighted by molar-refractivity contribution is 7.92. The molecule has 0 aromatic heterocycles. The molecule has 0 saturated carbocycles. The molecule has 0 bridgehead atoms. The van der Waals surface area contributed by atoms with E-state index in [4.69, 9.17) is 23.2 Å². The molecule has 132 valence electrons. The van der Waals surface area contributed by atoms with E-state index in [2.05, 4.69) is 4.72 Å². The minimum absolute atomic E-state index is 0.0426. The molecule has 0 atom stereocenters. The van der Waals surface area contributed by atoms with Crippen molar-refractivity contribution in [1.82, 2.24) is 0 Å². The average molecular weight is 399 g/mol. The lowest BCUT2D eigenvalue weighted by Crippen LogP contribution is -2.24. The molecule has 1 saturated heterocycles. The number of carbonyl (C=O) groups excluding carboxylic acids is 1. The highest BCUT2D eigenvalue weighted by Crippen LogP contribution is 2.31. The number of rotatable bonds is 4. The second-order valence-electron chi connectivity index (χ2n) is 5.83. The van der Waals surface area contributed by atoms with Crippen molar-refractivity contribution in [2.45, 2.75) is 24.7 Å². The van der Waals surface area contributed by atoms with Crippen molar-refractivity contribution < 1.29 is 13.2 Å². The third-order valence-electron chi connectivity index (χ3n) is 4.01. The van der Waals surface area contributed by atoms with Gasteiger partial charge in [-0.15, -0.1) is 0 Å². The van der Waals surface area contributed by atoms with Gasteiger partial charge in [0.2, 0.25) is 5.91 Å². The third-order valence-corrected chi connectivity index (χ3v) is 6.11. The van der Waals surface area contributed by atoms with Crippen molar-refractivity contribution in [3.05, 3.63) is 52.0 Å². The SMILES string of the molecule is Cc1ccc(NS(=O)(=O)c2cc(Cl)ccc2Cl)cc1N1CCCC1=O. The maximum Gasteiger partial charge on any atom is 0.263 e. The van der Waals surface area contributed by atoms with Crippen molar-refractivity contribution >= 4 is 50.5 Å². The lowest BCUT2D eigenvalue weighted by Gasteiger charge is -2.20. The lowest BCUT2D eigenvalue weighted by atomic mass is 10.1. The predicted octanol–water partition coefficient (Wildman–Crippen LogP) is 4.23. The van der Waals surface area contributed by atoms with Crippen LogP contribution in [0.3, 0.4) is 0 Å². The smallest absolute Gasteiger partial charge is 0.263 e. The van der Waals surface area contributed by atoms with Gasteiger partial charge < -0.3 is 4.90 Å². The Morgan fingerprint density at radius 3 is 2.56 bits per heavy atom. The summed E-state index contributed by atoms with van der Waals surface area (Å²) in [7, 11) is -3.90. The molecule has 1 aliphatic rings. The van der Waals surface area contributed by atoms with Crippen LogP contribution < -0.4 is 9.62 Å². The molecule has 1 fully saturated rings. The molecule has 2 aromatic rings. The number of nitrogens with one attached hydrogen (secondary N) is 1. The molecule has 8 heteroatoms. The maximum absolute atomic E-state index is 12.6. The van der Waals surface area contributed by atoms with E-state index in [1.54, 1.807) is 23.1 Å². The predicted molar refractivity (Wildman–Crippen MR) is 100 cm³/mol. The van der Waals surface area contributed by atoms with E-state index in [-0.39, 0.29) is 20.8 Å². The first-order valence-corrected chi connectivity index (χ1v) is 9.91. The molecule has 1 amide bonds. The zero-order valence-electron chi connectivity index (χ0n) is 13.4. The van der Waals surface area contributed by atoms with Crippen LogP contribution in [-0.4, -0.2) is 20.9 Å². The summed E-state index contributed by atoms with van der Waals surface area (Å²) in [5.74, 6) is 0.0426. The number of aryl methyl sites for hydroxylation is 1. The van der Waals surface area contributed by atoms with Crippen LogP contribution in [-0.2, 0) is 14.8 Å². The highest BCUT2D eigenvalue weighted by atomic mass is 35.5. The number of anilines is 2. The molecule has 0 aliphatic carbocycles. The van der Waals surface area contributed by atoms with E-state index < -0.39 is 10.0 Å². The van der Waals surface area contributed by atoms with Crippen molar-refractivity contribution in [2.24, 2.45) is 0 Å². The number of carbonyl (C=O) groups is 1. The van der Waals surface area contributed by atoms with E-state index in [0.717, 1.165) is 12.0 Å². The van der Waals surface area contributed by atoms with Gasteiger partial charge in [-0.25, -0.2) is 8.42 Å². The third kappa shape index (κ3) is 3.76. The van der Waals surface area contributed by atoms with Gasteiger partial charge in [0, 0.05) is 23.7 Å². The quantitative estimate of drug-likeness (QED) is 0.837. The zero-order chi connectivity index (χ0) is 18.2. The Hall–Kier alpha value is -1.76. The van der Waals surface area contributed by atoms with Crippen LogP contribution in [0.5, 0.6) is 0 Å². The summed E-state index contributed by atoms with van der Waals surface area (Å²) >= 11 is 11.9. The van der Waals surface area contributed by atoms with Gasteiger partial charge in [0.15, 0.2) is 0 Å². The first-order valence-electron chi connectivity index (χ1n) is 7.67. The standard InChI is InChI=1S/C17H16Cl2N2O3S/c1-11-4-6-13(10-15(11)21-8-2-3-17(21)22)20-25(23,24)16-9-12(18)5-7-14(16)19/h4-7,9-10,20H,2-3,8H2,1H3. The average Bonchev–Trinajstić information content (AvgIpc) is 2.97. The van der Waals surface area contributed by atoms with Crippen molar-refractivity contribution in [1.29, 1.82) is 0 Å². The van der Waals surface area contributed by atoms with Crippen molar-refractivity contribution in [3.63, 3.8) is 0 Å². The second kappa shape index (κ2) is 6.86. The number of halogens is 2. The monoisotopic (exact) mass is 398 g/mol. The molecular formula is C17H16Cl2N2O3S. The van der Waals surface area contributed by atoms with Crippen LogP contribution in [0.25, 0.3) is 0 Å². The Balaban J connectivity index is 1.95. The first kappa shape index (κ1) is 18.0. The molecule has 25 heavy (non-hydrogen) atoms. The number of nitrogens with zero attached hydrogens (tertiary/aromatic N) is 1. The molecule has 0 unspecified atom stereocenters. The Labute approximate surface area is 156 Å². The van der Waals surface area contributed by atoms with E-state index in [1.165, 1.54) is 18.2 Å². The van der Waals surface area contributed by atoms with Gasteiger partial charge in [-0.3, -0.25) is 9.52 Å². The van der Waals surface area contributed by atoms with E-state index in [9.17, 15) is 13.2 Å². The van der Waals surface area contributed by atoms with Crippen LogP contribution in [0.4, 0.5) is 11.4 Å². The number of amides is 1. The Morgan fingerprint density at radius 2 is 1.88 bits per heavy atom. The Morgan fingerprint density at radius 1 is 1.12 bits per heavy atom. The molecule has 5 nitrogen and oxygen atoms in total. The van der Waals surface area contributed by atoms with Crippen LogP contribution in [0.2, 0.25) is 10.0 Å². The summed E-state index contributed by atoms with van der Waals surface area (Å²) in [6.45, 7) is 2.52. The number of hydrogen-bond acceptors (Lipinski definition) is 3. The summed E-state index contributed by atoms with van der Waals surface area (Å²) in [6.07, 6.45) is 1.31. The molecule has 2 aromatic carbocycles. The summed E-state index contributed by atoms with van der Waals surface area (Å²) in [6, 6.07) is 9.33. The Kier molecular flexibility index (Phi) is 4.95. The van der Waals surface area contributed by atoms with Crippen molar-refractivity contribution in [2.75, 3.05) is 16.2 Å². The molecule has 1 N–H and O–H groups in total. The number of hydrogen-bond donors (Lipinski definition) is 1. The zero-order valence-corrected chi connectivity index (χ0v) is 15.7. The minimum atomic E-state index is -3.90.